The number of nitrogens with one attached hydrogen (secondary N) is 1. The molecular weight excluding hydrogens is 206 g/mol. The van der Waals surface area contributed by atoms with Crippen LogP contribution in [0.1, 0.15) is 79.1 Å². The van der Waals surface area contributed by atoms with Crippen LogP contribution < -0.4 is 5.32 Å². The number of hydrogen-bond acceptors (Lipinski definition) is 1. The molecule has 0 heterocycles. The van der Waals surface area contributed by atoms with E-state index in [1.807, 2.05) is 0 Å². The molecule has 0 saturated heterocycles. The predicted octanol–water partition coefficient (Wildman–Crippen LogP) is 5.01. The van der Waals surface area contributed by atoms with Crippen molar-refractivity contribution in [3.8, 4) is 0 Å². The van der Waals surface area contributed by atoms with Crippen LogP contribution >= 0.6 is 0 Å². The van der Waals surface area contributed by atoms with Gasteiger partial charge >= 0.3 is 0 Å². The van der Waals surface area contributed by atoms with Crippen LogP contribution in [0.15, 0.2) is 0 Å². The molecule has 0 fully saturated rings. The van der Waals surface area contributed by atoms with E-state index in [0.29, 0.717) is 5.41 Å². The Morgan fingerprint density at radius 3 is 1.94 bits per heavy atom. The lowest BCUT2D eigenvalue weighted by atomic mass is 9.75. The van der Waals surface area contributed by atoms with Gasteiger partial charge in [0.2, 0.25) is 0 Å². The standard InChI is InChI=1S/C16H35N/c1-6-7-8-9-10-11-12-13-16(4,14-17-5)15(2)3/h15,17H,6-14H2,1-5H3. The first-order valence-electron chi connectivity index (χ1n) is 7.71. The quantitative estimate of drug-likeness (QED) is 0.501. The summed E-state index contributed by atoms with van der Waals surface area (Å²) in [6.45, 7) is 10.6. The van der Waals surface area contributed by atoms with Crippen molar-refractivity contribution >= 4 is 0 Å². The van der Waals surface area contributed by atoms with E-state index in [2.05, 4.69) is 40.1 Å². The van der Waals surface area contributed by atoms with E-state index in [-0.39, 0.29) is 0 Å². The van der Waals surface area contributed by atoms with E-state index in [1.54, 1.807) is 0 Å². The molecule has 1 heteroatoms. The molecule has 17 heavy (non-hydrogen) atoms. The molecule has 0 aliphatic heterocycles. The number of unbranched alkanes of at least 4 members (excludes halogenated alkanes) is 6. The van der Waals surface area contributed by atoms with Crippen molar-refractivity contribution in [1.29, 1.82) is 0 Å². The molecule has 0 aromatic heterocycles. The highest BCUT2D eigenvalue weighted by atomic mass is 14.8. The summed E-state index contributed by atoms with van der Waals surface area (Å²) in [5.41, 5.74) is 0.484. The molecule has 0 spiro atoms. The monoisotopic (exact) mass is 241 g/mol. The fourth-order valence-electron chi connectivity index (χ4n) is 2.47. The average molecular weight is 241 g/mol. The van der Waals surface area contributed by atoms with Crippen molar-refractivity contribution in [3.63, 3.8) is 0 Å². The lowest BCUT2D eigenvalue weighted by Crippen LogP contribution is -2.34. The molecule has 0 aromatic rings. The van der Waals surface area contributed by atoms with Crippen LogP contribution in [0.4, 0.5) is 0 Å². The molecule has 104 valence electrons. The predicted molar refractivity (Wildman–Crippen MR) is 79.5 cm³/mol. The normalized spacial score (nSPS) is 15.2. The van der Waals surface area contributed by atoms with Crippen LogP contribution in [-0.2, 0) is 0 Å². The molecule has 0 bridgehead atoms. The van der Waals surface area contributed by atoms with Crippen molar-refractivity contribution in [2.75, 3.05) is 13.6 Å². The minimum Gasteiger partial charge on any atom is -0.319 e. The number of rotatable bonds is 11. The molecule has 1 unspecified atom stereocenters. The first kappa shape index (κ1) is 17.0. The minimum absolute atomic E-state index is 0.484. The topological polar surface area (TPSA) is 12.0 Å². The zero-order valence-electron chi connectivity index (χ0n) is 12.9. The highest BCUT2D eigenvalue weighted by molar-refractivity contribution is 4.79. The third kappa shape index (κ3) is 7.81. The van der Waals surface area contributed by atoms with Crippen LogP contribution in [0.5, 0.6) is 0 Å². The Bertz CT molecular complexity index is 165. The number of hydrogen-bond donors (Lipinski definition) is 1. The van der Waals surface area contributed by atoms with Gasteiger partial charge in [-0.15, -0.1) is 0 Å². The van der Waals surface area contributed by atoms with Crippen molar-refractivity contribution in [2.24, 2.45) is 11.3 Å². The summed E-state index contributed by atoms with van der Waals surface area (Å²) in [6.07, 6.45) is 11.3. The van der Waals surface area contributed by atoms with Crippen LogP contribution in [0.25, 0.3) is 0 Å². The van der Waals surface area contributed by atoms with Gasteiger partial charge in [0.25, 0.3) is 0 Å². The maximum Gasteiger partial charge on any atom is 0.000461 e. The molecule has 0 saturated carbocycles. The zero-order chi connectivity index (χ0) is 13.1. The van der Waals surface area contributed by atoms with Gasteiger partial charge < -0.3 is 5.32 Å². The molecule has 1 nitrogen and oxygen atoms in total. The molecule has 0 radical (unpaired) electrons. The van der Waals surface area contributed by atoms with Gasteiger partial charge in [-0.25, -0.2) is 0 Å². The first-order valence-corrected chi connectivity index (χ1v) is 7.71. The van der Waals surface area contributed by atoms with Crippen molar-refractivity contribution in [2.45, 2.75) is 79.1 Å². The summed E-state index contributed by atoms with van der Waals surface area (Å²) in [7, 11) is 2.07. The van der Waals surface area contributed by atoms with Gasteiger partial charge in [0.15, 0.2) is 0 Å². The second-order valence-corrected chi connectivity index (χ2v) is 6.21. The Labute approximate surface area is 110 Å². The Hall–Kier alpha value is -0.0400. The van der Waals surface area contributed by atoms with E-state index in [1.165, 1.54) is 51.4 Å². The van der Waals surface area contributed by atoms with E-state index < -0.39 is 0 Å². The molecule has 1 N–H and O–H groups in total. The lowest BCUT2D eigenvalue weighted by molar-refractivity contribution is 0.189. The van der Waals surface area contributed by atoms with E-state index in [4.69, 9.17) is 0 Å². The molecule has 0 rings (SSSR count). The third-order valence-electron chi connectivity index (χ3n) is 4.33. The second-order valence-electron chi connectivity index (χ2n) is 6.21. The van der Waals surface area contributed by atoms with E-state index in [0.717, 1.165) is 12.5 Å². The molecule has 0 aliphatic rings. The van der Waals surface area contributed by atoms with Gasteiger partial charge in [0, 0.05) is 6.54 Å². The lowest BCUT2D eigenvalue weighted by Gasteiger charge is -2.34. The fraction of sp³-hybridized carbons (Fsp3) is 1.00. The smallest absolute Gasteiger partial charge is 0.000461 e. The summed E-state index contributed by atoms with van der Waals surface area (Å²) in [4.78, 5) is 0. The highest BCUT2D eigenvalue weighted by Crippen LogP contribution is 2.32. The minimum atomic E-state index is 0.484. The van der Waals surface area contributed by atoms with E-state index in [9.17, 15) is 0 Å². The summed E-state index contributed by atoms with van der Waals surface area (Å²) < 4.78 is 0. The summed E-state index contributed by atoms with van der Waals surface area (Å²) >= 11 is 0. The summed E-state index contributed by atoms with van der Waals surface area (Å²) in [5.74, 6) is 0.773. The Morgan fingerprint density at radius 2 is 1.47 bits per heavy atom. The average Bonchev–Trinajstić information content (AvgIpc) is 2.28. The Morgan fingerprint density at radius 1 is 0.941 bits per heavy atom. The SMILES string of the molecule is CCCCCCCCCC(C)(CNC)C(C)C. The highest BCUT2D eigenvalue weighted by Gasteiger charge is 2.26. The third-order valence-corrected chi connectivity index (χ3v) is 4.33. The molecule has 0 aromatic carbocycles. The maximum absolute atomic E-state index is 3.36. The molecule has 0 amide bonds. The summed E-state index contributed by atoms with van der Waals surface area (Å²) in [5, 5.41) is 3.36. The second kappa shape index (κ2) is 9.94. The van der Waals surface area contributed by atoms with Gasteiger partial charge in [0.1, 0.15) is 0 Å². The van der Waals surface area contributed by atoms with Crippen LogP contribution in [0.2, 0.25) is 0 Å². The van der Waals surface area contributed by atoms with Gasteiger partial charge in [-0.05, 0) is 24.8 Å². The Kier molecular flexibility index (Phi) is 9.91. The summed E-state index contributed by atoms with van der Waals surface area (Å²) in [6, 6.07) is 0. The van der Waals surface area contributed by atoms with Gasteiger partial charge in [-0.3, -0.25) is 0 Å². The van der Waals surface area contributed by atoms with Crippen LogP contribution in [0.3, 0.4) is 0 Å². The van der Waals surface area contributed by atoms with Crippen molar-refractivity contribution in [1.82, 2.24) is 5.32 Å². The van der Waals surface area contributed by atoms with Crippen LogP contribution in [-0.4, -0.2) is 13.6 Å². The zero-order valence-corrected chi connectivity index (χ0v) is 12.9. The molecular formula is C16H35N. The van der Waals surface area contributed by atoms with Gasteiger partial charge in [-0.2, -0.15) is 0 Å². The van der Waals surface area contributed by atoms with Crippen LogP contribution in [0, 0.1) is 11.3 Å². The Balaban J connectivity index is 3.62. The first-order chi connectivity index (χ1) is 8.06. The fourth-order valence-corrected chi connectivity index (χ4v) is 2.47. The van der Waals surface area contributed by atoms with Crippen molar-refractivity contribution < 1.29 is 0 Å². The molecule has 1 atom stereocenters. The van der Waals surface area contributed by atoms with Crippen molar-refractivity contribution in [3.05, 3.63) is 0 Å². The largest absolute Gasteiger partial charge is 0.319 e. The van der Waals surface area contributed by atoms with Gasteiger partial charge in [-0.1, -0.05) is 72.6 Å². The maximum atomic E-state index is 3.36. The van der Waals surface area contributed by atoms with Gasteiger partial charge in [0.05, 0.1) is 0 Å². The molecule has 0 aliphatic carbocycles. The van der Waals surface area contributed by atoms with E-state index >= 15 is 0 Å².